The number of aliphatic hydroxyl groups is 2. The van der Waals surface area contributed by atoms with Crippen molar-refractivity contribution in [3.8, 4) is 0 Å². The summed E-state index contributed by atoms with van der Waals surface area (Å²) >= 11 is 0. The van der Waals surface area contributed by atoms with Crippen LogP contribution >= 0.6 is 0 Å². The van der Waals surface area contributed by atoms with Crippen LogP contribution in [0, 0.1) is 5.92 Å². The van der Waals surface area contributed by atoms with Gasteiger partial charge in [-0.2, -0.15) is 0 Å². The van der Waals surface area contributed by atoms with Crippen molar-refractivity contribution < 1.29 is 10.2 Å². The van der Waals surface area contributed by atoms with Crippen LogP contribution in [0.15, 0.2) is 24.3 Å². The van der Waals surface area contributed by atoms with Crippen LogP contribution in [0.1, 0.15) is 53.4 Å². The topological polar surface area (TPSA) is 40.5 Å². The van der Waals surface area contributed by atoms with Crippen molar-refractivity contribution in [1.29, 1.82) is 0 Å². The van der Waals surface area contributed by atoms with Crippen LogP contribution in [0.5, 0.6) is 0 Å². The van der Waals surface area contributed by atoms with Gasteiger partial charge in [0.2, 0.25) is 0 Å². The molecule has 2 heteroatoms. The summed E-state index contributed by atoms with van der Waals surface area (Å²) < 4.78 is 0. The fourth-order valence-corrected chi connectivity index (χ4v) is 1.55. The summed E-state index contributed by atoms with van der Waals surface area (Å²) in [6, 6.07) is 0. The summed E-state index contributed by atoms with van der Waals surface area (Å²) in [7, 11) is 0. The molecule has 0 saturated heterocycles. The smallest absolute Gasteiger partial charge is 0.0772 e. The van der Waals surface area contributed by atoms with E-state index in [4.69, 9.17) is 0 Å². The Bertz CT molecular complexity index is 236. The van der Waals surface area contributed by atoms with Gasteiger partial charge in [0.1, 0.15) is 0 Å². The molecule has 2 unspecified atom stereocenters. The summed E-state index contributed by atoms with van der Waals surface area (Å²) in [6.45, 7) is 7.71. The minimum absolute atomic E-state index is 0.462. The Morgan fingerprint density at radius 3 is 2.41 bits per heavy atom. The highest BCUT2D eigenvalue weighted by Gasteiger charge is 2.10. The zero-order chi connectivity index (χ0) is 13.3. The quantitative estimate of drug-likeness (QED) is 0.638. The Hall–Kier alpha value is -0.600. The molecule has 2 nitrogen and oxygen atoms in total. The first kappa shape index (κ1) is 16.4. The Balaban J connectivity index is 3.87. The van der Waals surface area contributed by atoms with Gasteiger partial charge in [-0.15, -0.1) is 0 Å². The summed E-state index contributed by atoms with van der Waals surface area (Å²) in [5, 5.41) is 19.3. The zero-order valence-electron chi connectivity index (χ0n) is 11.7. The molecule has 0 aliphatic heterocycles. The minimum atomic E-state index is -0.842. The molecule has 0 aromatic carbocycles. The van der Waals surface area contributed by atoms with Crippen molar-refractivity contribution in [2.75, 3.05) is 0 Å². The van der Waals surface area contributed by atoms with Gasteiger partial charge in [0, 0.05) is 0 Å². The highest BCUT2D eigenvalue weighted by Crippen LogP contribution is 2.13. The molecule has 0 aromatic rings. The Labute approximate surface area is 106 Å². The normalized spacial score (nSPS) is 16.8. The first-order valence-corrected chi connectivity index (χ1v) is 6.60. The molecular formula is C15H28O2. The van der Waals surface area contributed by atoms with E-state index in [2.05, 4.69) is 26.0 Å². The standard InChI is InChI=1S/C15H28O2/c1-5-6-7-8-9-13(2)12-14(16)10-11-15(3,4)17/h7-8,10-11,13-14,16-17H,5-6,9,12H2,1-4H3. The lowest BCUT2D eigenvalue weighted by molar-refractivity contribution is 0.128. The van der Waals surface area contributed by atoms with E-state index in [9.17, 15) is 10.2 Å². The molecule has 0 heterocycles. The van der Waals surface area contributed by atoms with E-state index in [0.717, 1.165) is 19.3 Å². The van der Waals surface area contributed by atoms with Crippen LogP contribution in [0.2, 0.25) is 0 Å². The van der Waals surface area contributed by atoms with Crippen LogP contribution in [-0.4, -0.2) is 21.9 Å². The second-order valence-corrected chi connectivity index (χ2v) is 5.42. The van der Waals surface area contributed by atoms with Crippen molar-refractivity contribution in [3.63, 3.8) is 0 Å². The number of hydrogen-bond acceptors (Lipinski definition) is 2. The van der Waals surface area contributed by atoms with Gasteiger partial charge in [0.25, 0.3) is 0 Å². The molecule has 0 amide bonds. The molecule has 0 radical (unpaired) electrons. The average Bonchev–Trinajstić information content (AvgIpc) is 2.21. The molecule has 2 N–H and O–H groups in total. The second kappa shape index (κ2) is 8.48. The van der Waals surface area contributed by atoms with Crippen LogP contribution in [0.3, 0.4) is 0 Å². The van der Waals surface area contributed by atoms with Crippen LogP contribution < -0.4 is 0 Å². The molecule has 100 valence electrons. The lowest BCUT2D eigenvalue weighted by Crippen LogP contribution is -2.16. The van der Waals surface area contributed by atoms with Crippen LogP contribution in [0.4, 0.5) is 0 Å². The van der Waals surface area contributed by atoms with E-state index in [1.54, 1.807) is 26.0 Å². The van der Waals surface area contributed by atoms with Crippen molar-refractivity contribution in [2.45, 2.75) is 65.1 Å². The molecule has 0 aliphatic rings. The van der Waals surface area contributed by atoms with Crippen molar-refractivity contribution in [3.05, 3.63) is 24.3 Å². The lowest BCUT2D eigenvalue weighted by Gasteiger charge is -2.15. The number of hydrogen-bond donors (Lipinski definition) is 2. The number of unbranched alkanes of at least 4 members (excludes halogenated alkanes) is 1. The maximum absolute atomic E-state index is 9.76. The van der Waals surface area contributed by atoms with E-state index < -0.39 is 11.7 Å². The van der Waals surface area contributed by atoms with Crippen molar-refractivity contribution in [2.24, 2.45) is 5.92 Å². The average molecular weight is 240 g/mol. The van der Waals surface area contributed by atoms with Gasteiger partial charge in [0.15, 0.2) is 0 Å². The Morgan fingerprint density at radius 1 is 1.24 bits per heavy atom. The van der Waals surface area contributed by atoms with Crippen molar-refractivity contribution >= 4 is 0 Å². The Kier molecular flexibility index (Phi) is 8.19. The third-order valence-electron chi connectivity index (χ3n) is 2.53. The maximum atomic E-state index is 9.76. The number of allylic oxidation sites excluding steroid dienone is 2. The lowest BCUT2D eigenvalue weighted by atomic mass is 9.98. The number of rotatable bonds is 8. The summed E-state index contributed by atoms with van der Waals surface area (Å²) in [4.78, 5) is 0. The molecule has 2 atom stereocenters. The molecule has 0 saturated carbocycles. The highest BCUT2D eigenvalue weighted by molar-refractivity contribution is 4.99. The van der Waals surface area contributed by atoms with E-state index in [1.807, 2.05) is 0 Å². The predicted octanol–water partition coefficient (Wildman–Crippen LogP) is 3.45. The second-order valence-electron chi connectivity index (χ2n) is 5.42. The number of aliphatic hydroxyl groups excluding tert-OH is 1. The maximum Gasteiger partial charge on any atom is 0.0772 e. The molecule has 0 aromatic heterocycles. The van der Waals surface area contributed by atoms with Crippen LogP contribution in [-0.2, 0) is 0 Å². The molecule has 0 spiro atoms. The first-order chi connectivity index (χ1) is 7.85. The summed E-state index contributed by atoms with van der Waals surface area (Å²) in [5.41, 5.74) is -0.842. The van der Waals surface area contributed by atoms with Gasteiger partial charge in [-0.25, -0.2) is 0 Å². The van der Waals surface area contributed by atoms with E-state index >= 15 is 0 Å². The zero-order valence-corrected chi connectivity index (χ0v) is 11.7. The van der Waals surface area contributed by atoms with Crippen LogP contribution in [0.25, 0.3) is 0 Å². The SMILES string of the molecule is CCCC=CCC(C)CC(O)C=CC(C)(C)O. The monoisotopic (exact) mass is 240 g/mol. The molecule has 17 heavy (non-hydrogen) atoms. The first-order valence-electron chi connectivity index (χ1n) is 6.60. The minimum Gasteiger partial charge on any atom is -0.389 e. The third-order valence-corrected chi connectivity index (χ3v) is 2.53. The van der Waals surface area contributed by atoms with Gasteiger partial charge in [-0.1, -0.05) is 44.6 Å². The van der Waals surface area contributed by atoms with Gasteiger partial charge in [-0.3, -0.25) is 0 Å². The third kappa shape index (κ3) is 11.7. The van der Waals surface area contributed by atoms with E-state index in [0.29, 0.717) is 5.92 Å². The van der Waals surface area contributed by atoms with E-state index in [1.165, 1.54) is 6.42 Å². The largest absolute Gasteiger partial charge is 0.389 e. The fourth-order valence-electron chi connectivity index (χ4n) is 1.55. The molecular weight excluding hydrogens is 212 g/mol. The van der Waals surface area contributed by atoms with Gasteiger partial charge >= 0.3 is 0 Å². The van der Waals surface area contributed by atoms with Gasteiger partial charge < -0.3 is 10.2 Å². The summed E-state index contributed by atoms with van der Waals surface area (Å²) in [6.07, 6.45) is 11.3. The fraction of sp³-hybridized carbons (Fsp3) is 0.733. The summed E-state index contributed by atoms with van der Waals surface area (Å²) in [5.74, 6) is 0.463. The molecule has 0 bridgehead atoms. The molecule has 0 fully saturated rings. The highest BCUT2D eigenvalue weighted by atomic mass is 16.3. The van der Waals surface area contributed by atoms with Gasteiger partial charge in [-0.05, 0) is 39.0 Å². The van der Waals surface area contributed by atoms with E-state index in [-0.39, 0.29) is 0 Å². The predicted molar refractivity (Wildman–Crippen MR) is 73.9 cm³/mol. The molecule has 0 aliphatic carbocycles. The van der Waals surface area contributed by atoms with Crippen molar-refractivity contribution in [1.82, 2.24) is 0 Å². The molecule has 0 rings (SSSR count). The Morgan fingerprint density at radius 2 is 1.88 bits per heavy atom. The van der Waals surface area contributed by atoms with Gasteiger partial charge in [0.05, 0.1) is 11.7 Å².